The monoisotopic (exact) mass is 340 g/mol. The number of carbonyl (C=O) groups is 2. The van der Waals surface area contributed by atoms with E-state index in [0.717, 1.165) is 18.2 Å². The number of hydrogen-bond acceptors (Lipinski definition) is 5. The van der Waals surface area contributed by atoms with E-state index in [1.807, 2.05) is 0 Å². The van der Waals surface area contributed by atoms with Crippen LogP contribution in [0.2, 0.25) is 0 Å². The third-order valence-electron chi connectivity index (χ3n) is 3.26. The molecule has 1 aromatic rings. The predicted molar refractivity (Wildman–Crippen MR) is 81.5 cm³/mol. The van der Waals surface area contributed by atoms with E-state index >= 15 is 0 Å². The van der Waals surface area contributed by atoms with Crippen LogP contribution in [-0.4, -0.2) is 43.1 Å². The van der Waals surface area contributed by atoms with Crippen molar-refractivity contribution in [2.24, 2.45) is 4.99 Å². The van der Waals surface area contributed by atoms with E-state index in [-0.39, 0.29) is 31.0 Å². The lowest BCUT2D eigenvalue weighted by molar-refractivity contribution is -0.150. The molecule has 0 saturated carbocycles. The number of esters is 1. The second-order valence-corrected chi connectivity index (χ2v) is 5.28. The van der Waals surface area contributed by atoms with E-state index in [1.54, 1.807) is 13.8 Å². The Labute approximate surface area is 137 Å². The molecule has 1 amide bonds. The largest absolute Gasteiger partial charge is 0.463 e. The van der Waals surface area contributed by atoms with E-state index in [9.17, 15) is 18.4 Å². The van der Waals surface area contributed by atoms with Gasteiger partial charge in [0.25, 0.3) is 0 Å². The molecule has 8 heteroatoms. The van der Waals surface area contributed by atoms with Crippen molar-refractivity contribution in [3.05, 3.63) is 35.4 Å². The number of amides is 1. The van der Waals surface area contributed by atoms with Crippen LogP contribution in [0.1, 0.15) is 19.4 Å². The van der Waals surface area contributed by atoms with Gasteiger partial charge in [-0.2, -0.15) is 0 Å². The summed E-state index contributed by atoms with van der Waals surface area (Å²) >= 11 is 0. The first-order valence-electron chi connectivity index (χ1n) is 7.51. The highest BCUT2D eigenvalue weighted by Gasteiger charge is 2.31. The van der Waals surface area contributed by atoms with Crippen molar-refractivity contribution in [1.82, 2.24) is 5.32 Å². The maximum atomic E-state index is 13.1. The van der Waals surface area contributed by atoms with Gasteiger partial charge in [0.05, 0.1) is 19.6 Å². The summed E-state index contributed by atoms with van der Waals surface area (Å²) in [5.74, 6) is -2.23. The molecule has 1 N–H and O–H groups in total. The van der Waals surface area contributed by atoms with Crippen molar-refractivity contribution >= 4 is 17.8 Å². The summed E-state index contributed by atoms with van der Waals surface area (Å²) in [5.41, 5.74) is 0.218. The average Bonchev–Trinajstić information content (AvgIpc) is 2.96. The summed E-state index contributed by atoms with van der Waals surface area (Å²) in [7, 11) is 0. The second kappa shape index (κ2) is 7.85. The van der Waals surface area contributed by atoms with Gasteiger partial charge in [-0.3, -0.25) is 4.79 Å². The molecule has 2 rings (SSSR count). The van der Waals surface area contributed by atoms with Gasteiger partial charge in [0.2, 0.25) is 17.9 Å². The van der Waals surface area contributed by atoms with E-state index in [0.29, 0.717) is 0 Å². The third kappa shape index (κ3) is 4.74. The summed E-state index contributed by atoms with van der Waals surface area (Å²) in [4.78, 5) is 27.6. The molecule has 0 fully saturated rings. The SMILES string of the molecule is CCOC(=O)[C@@H]1CN=C([C@@H](C)NC(=O)Cc2cc(F)cc(F)c2)O1. The molecular weight excluding hydrogens is 322 g/mol. The molecule has 0 spiro atoms. The maximum absolute atomic E-state index is 13.1. The predicted octanol–water partition coefficient (Wildman–Crippen LogP) is 1.37. The molecule has 2 atom stereocenters. The first-order valence-corrected chi connectivity index (χ1v) is 7.51. The van der Waals surface area contributed by atoms with Gasteiger partial charge in [0, 0.05) is 6.07 Å². The lowest BCUT2D eigenvalue weighted by Gasteiger charge is -2.16. The van der Waals surface area contributed by atoms with Crippen LogP contribution in [0.15, 0.2) is 23.2 Å². The number of benzene rings is 1. The summed E-state index contributed by atoms with van der Waals surface area (Å²) in [5, 5.41) is 2.61. The van der Waals surface area contributed by atoms with Crippen molar-refractivity contribution in [2.75, 3.05) is 13.2 Å². The Bertz CT molecular complexity index is 643. The van der Waals surface area contributed by atoms with Crippen LogP contribution >= 0.6 is 0 Å². The molecule has 0 aliphatic carbocycles. The Hall–Kier alpha value is -2.51. The van der Waals surface area contributed by atoms with Gasteiger partial charge in [-0.05, 0) is 31.5 Å². The number of carbonyl (C=O) groups excluding carboxylic acids is 2. The second-order valence-electron chi connectivity index (χ2n) is 5.28. The fourth-order valence-electron chi connectivity index (χ4n) is 2.24. The smallest absolute Gasteiger partial charge is 0.349 e. The minimum atomic E-state index is -0.809. The van der Waals surface area contributed by atoms with Gasteiger partial charge < -0.3 is 14.8 Å². The molecule has 0 bridgehead atoms. The maximum Gasteiger partial charge on any atom is 0.349 e. The van der Waals surface area contributed by atoms with Crippen molar-refractivity contribution in [1.29, 1.82) is 0 Å². The quantitative estimate of drug-likeness (QED) is 0.794. The molecule has 1 heterocycles. The van der Waals surface area contributed by atoms with Crippen LogP contribution in [0.4, 0.5) is 8.78 Å². The molecule has 0 saturated heterocycles. The zero-order valence-corrected chi connectivity index (χ0v) is 13.3. The molecule has 0 aromatic heterocycles. The number of nitrogens with one attached hydrogen (secondary N) is 1. The Morgan fingerprint density at radius 2 is 2.04 bits per heavy atom. The third-order valence-corrected chi connectivity index (χ3v) is 3.26. The molecule has 130 valence electrons. The Kier molecular flexibility index (Phi) is 5.83. The fourth-order valence-corrected chi connectivity index (χ4v) is 2.24. The Morgan fingerprint density at radius 3 is 2.67 bits per heavy atom. The van der Waals surface area contributed by atoms with E-state index in [2.05, 4.69) is 10.3 Å². The summed E-state index contributed by atoms with van der Waals surface area (Å²) in [6, 6.07) is 2.34. The van der Waals surface area contributed by atoms with Crippen LogP contribution in [0.3, 0.4) is 0 Å². The molecule has 1 aliphatic heterocycles. The highest BCUT2D eigenvalue weighted by Crippen LogP contribution is 2.11. The minimum Gasteiger partial charge on any atom is -0.463 e. The Morgan fingerprint density at radius 1 is 1.38 bits per heavy atom. The molecule has 6 nitrogen and oxygen atoms in total. The van der Waals surface area contributed by atoms with Crippen molar-refractivity contribution < 1.29 is 27.8 Å². The van der Waals surface area contributed by atoms with Crippen LogP contribution in [0.25, 0.3) is 0 Å². The first kappa shape index (κ1) is 17.8. The number of rotatable bonds is 6. The normalized spacial score (nSPS) is 17.7. The van der Waals surface area contributed by atoms with E-state index < -0.39 is 35.7 Å². The summed E-state index contributed by atoms with van der Waals surface area (Å²) < 4.78 is 36.4. The number of aliphatic imine (C=N–C) groups is 1. The minimum absolute atomic E-state index is 0.128. The van der Waals surface area contributed by atoms with Crippen LogP contribution < -0.4 is 5.32 Å². The van der Waals surface area contributed by atoms with Gasteiger partial charge in [-0.1, -0.05) is 0 Å². The molecule has 0 radical (unpaired) electrons. The van der Waals surface area contributed by atoms with Gasteiger partial charge >= 0.3 is 5.97 Å². The zero-order valence-electron chi connectivity index (χ0n) is 13.3. The molecule has 24 heavy (non-hydrogen) atoms. The standard InChI is InChI=1S/C16H18F2N2O4/c1-3-23-16(22)13-8-19-15(24-13)9(2)20-14(21)6-10-4-11(17)7-12(18)5-10/h4-5,7,9,13H,3,6,8H2,1-2H3,(H,20,21)/t9-,13+/m1/s1. The van der Waals surface area contributed by atoms with Crippen molar-refractivity contribution in [2.45, 2.75) is 32.4 Å². The number of nitrogens with zero attached hydrogens (tertiary/aromatic N) is 1. The first-order chi connectivity index (χ1) is 11.4. The summed E-state index contributed by atoms with van der Waals surface area (Å²) in [6.45, 7) is 3.69. The molecule has 1 aromatic carbocycles. The molecule has 1 aliphatic rings. The average molecular weight is 340 g/mol. The van der Waals surface area contributed by atoms with Crippen LogP contribution in [-0.2, 0) is 25.5 Å². The number of halogens is 2. The highest BCUT2D eigenvalue weighted by atomic mass is 19.1. The number of ether oxygens (including phenoxy) is 2. The topological polar surface area (TPSA) is 77.0 Å². The van der Waals surface area contributed by atoms with Crippen molar-refractivity contribution in [3.8, 4) is 0 Å². The fraction of sp³-hybridized carbons (Fsp3) is 0.438. The van der Waals surface area contributed by atoms with Crippen LogP contribution in [0, 0.1) is 11.6 Å². The lowest BCUT2D eigenvalue weighted by atomic mass is 10.1. The molecular formula is C16H18F2N2O4. The highest BCUT2D eigenvalue weighted by molar-refractivity contribution is 5.91. The molecule has 0 unspecified atom stereocenters. The van der Waals surface area contributed by atoms with Gasteiger partial charge in [-0.25, -0.2) is 18.6 Å². The van der Waals surface area contributed by atoms with Gasteiger partial charge in [0.1, 0.15) is 17.7 Å². The lowest BCUT2D eigenvalue weighted by Crippen LogP contribution is -2.40. The van der Waals surface area contributed by atoms with E-state index in [1.165, 1.54) is 0 Å². The van der Waals surface area contributed by atoms with Crippen molar-refractivity contribution in [3.63, 3.8) is 0 Å². The van der Waals surface area contributed by atoms with Crippen LogP contribution in [0.5, 0.6) is 0 Å². The summed E-state index contributed by atoms with van der Waals surface area (Å²) in [6.07, 6.45) is -0.996. The van der Waals surface area contributed by atoms with Gasteiger partial charge in [-0.15, -0.1) is 0 Å². The van der Waals surface area contributed by atoms with Gasteiger partial charge in [0.15, 0.2) is 0 Å². The number of hydrogen-bond donors (Lipinski definition) is 1. The Balaban J connectivity index is 1.87. The van der Waals surface area contributed by atoms with E-state index in [4.69, 9.17) is 9.47 Å². The zero-order chi connectivity index (χ0) is 17.7.